The van der Waals surface area contributed by atoms with E-state index in [-0.39, 0.29) is 24.2 Å². The molecule has 0 aliphatic carbocycles. The lowest BCUT2D eigenvalue weighted by atomic mass is 9.92. The molecule has 1 aromatic heterocycles. The normalized spacial score (nSPS) is 22.8. The van der Waals surface area contributed by atoms with E-state index in [2.05, 4.69) is 9.71 Å². The van der Waals surface area contributed by atoms with Crippen LogP contribution in [0, 0.1) is 11.8 Å². The van der Waals surface area contributed by atoms with Gasteiger partial charge in [-0.3, -0.25) is 0 Å². The Morgan fingerprint density at radius 2 is 2.00 bits per heavy atom. The molecule has 2 atom stereocenters. The maximum absolute atomic E-state index is 13.1. The van der Waals surface area contributed by atoms with Gasteiger partial charge in [0.2, 0.25) is 10.0 Å². The first-order valence-corrected chi connectivity index (χ1v) is 9.12. The van der Waals surface area contributed by atoms with Gasteiger partial charge in [0, 0.05) is 25.3 Å². The van der Waals surface area contributed by atoms with Crippen LogP contribution in [0.1, 0.15) is 19.4 Å². The van der Waals surface area contributed by atoms with Crippen molar-refractivity contribution >= 4 is 15.8 Å². The van der Waals surface area contributed by atoms with Crippen molar-refractivity contribution in [2.24, 2.45) is 11.8 Å². The van der Waals surface area contributed by atoms with Crippen molar-refractivity contribution in [2.75, 3.05) is 24.2 Å². The van der Waals surface area contributed by atoms with E-state index in [1.54, 1.807) is 0 Å². The highest BCUT2D eigenvalue weighted by molar-refractivity contribution is 7.88. The van der Waals surface area contributed by atoms with Gasteiger partial charge in [0.1, 0.15) is 5.82 Å². The molecule has 1 fully saturated rings. The van der Waals surface area contributed by atoms with Crippen molar-refractivity contribution in [1.82, 2.24) is 9.71 Å². The molecule has 23 heavy (non-hydrogen) atoms. The second kappa shape index (κ2) is 6.27. The Kier molecular flexibility index (Phi) is 4.91. The van der Waals surface area contributed by atoms with Crippen molar-refractivity contribution < 1.29 is 21.6 Å². The summed E-state index contributed by atoms with van der Waals surface area (Å²) in [4.78, 5) is 5.39. The van der Waals surface area contributed by atoms with Gasteiger partial charge in [0.05, 0.1) is 11.8 Å². The van der Waals surface area contributed by atoms with E-state index >= 15 is 0 Å². The zero-order valence-corrected chi connectivity index (χ0v) is 13.9. The van der Waals surface area contributed by atoms with Crippen LogP contribution in [0.5, 0.6) is 0 Å². The third kappa shape index (κ3) is 4.35. The average Bonchev–Trinajstić information content (AvgIpc) is 2.79. The van der Waals surface area contributed by atoms with E-state index in [9.17, 15) is 21.6 Å². The predicted molar refractivity (Wildman–Crippen MR) is 81.5 cm³/mol. The minimum atomic E-state index is -4.50. The van der Waals surface area contributed by atoms with Gasteiger partial charge in [-0.1, -0.05) is 13.8 Å². The highest BCUT2D eigenvalue weighted by Gasteiger charge is 2.41. The van der Waals surface area contributed by atoms with E-state index in [4.69, 9.17) is 0 Å². The standard InChI is InChI=1S/C14H20F3N3O2S/c1-9(2)10-7-20(8-12(10)19-23(3,21)22)13-11(14(15,16)17)5-4-6-18-13/h4-6,9-10,12,19H,7-8H2,1-3H3/t10-,12+/m0/s1. The summed E-state index contributed by atoms with van der Waals surface area (Å²) >= 11 is 0. The molecule has 2 rings (SSSR count). The molecule has 0 amide bonds. The Hall–Kier alpha value is -1.35. The summed E-state index contributed by atoms with van der Waals surface area (Å²) in [6, 6.07) is 1.80. The Balaban J connectivity index is 2.33. The zero-order chi connectivity index (χ0) is 17.4. The van der Waals surface area contributed by atoms with Gasteiger partial charge in [-0.25, -0.2) is 18.1 Å². The Bertz CT molecular complexity index is 661. The van der Waals surface area contributed by atoms with Crippen LogP contribution in [-0.2, 0) is 16.2 Å². The molecule has 0 bridgehead atoms. The Morgan fingerprint density at radius 1 is 1.35 bits per heavy atom. The van der Waals surface area contributed by atoms with Crippen molar-refractivity contribution in [1.29, 1.82) is 0 Å². The highest BCUT2D eigenvalue weighted by Crippen LogP contribution is 2.37. The first-order valence-electron chi connectivity index (χ1n) is 7.23. The molecular formula is C14H20F3N3O2S. The van der Waals surface area contributed by atoms with Crippen molar-refractivity contribution in [3.63, 3.8) is 0 Å². The number of alkyl halides is 3. The van der Waals surface area contributed by atoms with E-state index in [0.717, 1.165) is 12.3 Å². The number of nitrogens with zero attached hydrogens (tertiary/aromatic N) is 2. The maximum Gasteiger partial charge on any atom is 0.419 e. The minimum Gasteiger partial charge on any atom is -0.354 e. The second-order valence-electron chi connectivity index (χ2n) is 6.18. The van der Waals surface area contributed by atoms with E-state index in [0.29, 0.717) is 6.54 Å². The number of aromatic nitrogens is 1. The van der Waals surface area contributed by atoms with Gasteiger partial charge >= 0.3 is 6.18 Å². The van der Waals surface area contributed by atoms with Crippen molar-refractivity contribution in [3.8, 4) is 0 Å². The van der Waals surface area contributed by atoms with Crippen LogP contribution in [0.2, 0.25) is 0 Å². The summed E-state index contributed by atoms with van der Waals surface area (Å²) < 4.78 is 65.0. The zero-order valence-electron chi connectivity index (χ0n) is 13.1. The number of rotatable bonds is 4. The fraction of sp³-hybridized carbons (Fsp3) is 0.643. The lowest BCUT2D eigenvalue weighted by molar-refractivity contribution is -0.137. The summed E-state index contributed by atoms with van der Waals surface area (Å²) in [5.74, 6) is -0.117. The van der Waals surface area contributed by atoms with Crippen molar-refractivity contribution in [3.05, 3.63) is 23.9 Å². The van der Waals surface area contributed by atoms with Gasteiger partial charge in [0.25, 0.3) is 0 Å². The smallest absolute Gasteiger partial charge is 0.354 e. The molecule has 1 saturated heterocycles. The number of nitrogens with one attached hydrogen (secondary N) is 1. The number of anilines is 1. The Labute approximate surface area is 133 Å². The van der Waals surface area contributed by atoms with Gasteiger partial charge in [-0.05, 0) is 24.0 Å². The van der Waals surface area contributed by atoms with Crippen LogP contribution in [0.3, 0.4) is 0 Å². The van der Waals surface area contributed by atoms with Gasteiger partial charge in [-0.15, -0.1) is 0 Å². The van der Waals surface area contributed by atoms with Crippen molar-refractivity contribution in [2.45, 2.75) is 26.1 Å². The monoisotopic (exact) mass is 351 g/mol. The molecular weight excluding hydrogens is 331 g/mol. The summed E-state index contributed by atoms with van der Waals surface area (Å²) in [7, 11) is -3.44. The molecule has 1 N–H and O–H groups in total. The van der Waals surface area contributed by atoms with Gasteiger partial charge < -0.3 is 4.90 Å². The number of pyridine rings is 1. The average molecular weight is 351 g/mol. The molecule has 1 aromatic rings. The third-order valence-electron chi connectivity index (χ3n) is 3.98. The number of sulfonamides is 1. The fourth-order valence-electron chi connectivity index (χ4n) is 2.95. The number of hydrogen-bond acceptors (Lipinski definition) is 4. The molecule has 0 radical (unpaired) electrons. The molecule has 9 heteroatoms. The van der Waals surface area contributed by atoms with Gasteiger partial charge in [-0.2, -0.15) is 13.2 Å². The quantitative estimate of drug-likeness (QED) is 0.903. The fourth-order valence-corrected chi connectivity index (χ4v) is 3.75. The topological polar surface area (TPSA) is 62.3 Å². The van der Waals surface area contributed by atoms with Crippen LogP contribution < -0.4 is 9.62 Å². The largest absolute Gasteiger partial charge is 0.419 e. The molecule has 1 aliphatic heterocycles. The highest BCUT2D eigenvalue weighted by atomic mass is 32.2. The summed E-state index contributed by atoms with van der Waals surface area (Å²) in [5, 5.41) is 0. The Morgan fingerprint density at radius 3 is 2.52 bits per heavy atom. The molecule has 0 unspecified atom stereocenters. The lowest BCUT2D eigenvalue weighted by Crippen LogP contribution is -2.41. The predicted octanol–water partition coefficient (Wildman–Crippen LogP) is 2.11. The summed E-state index contributed by atoms with van der Waals surface area (Å²) in [5.41, 5.74) is -0.803. The number of halogens is 3. The van der Waals surface area contributed by atoms with Crippen LogP contribution in [0.15, 0.2) is 18.3 Å². The SMILES string of the molecule is CC(C)[C@@H]1CN(c2ncccc2C(F)(F)F)C[C@H]1NS(C)(=O)=O. The van der Waals surface area contributed by atoms with E-state index in [1.807, 2.05) is 13.8 Å². The molecule has 5 nitrogen and oxygen atoms in total. The maximum atomic E-state index is 13.1. The molecule has 0 aromatic carbocycles. The van der Waals surface area contributed by atoms with Gasteiger partial charge in [0.15, 0.2) is 0 Å². The third-order valence-corrected chi connectivity index (χ3v) is 4.71. The van der Waals surface area contributed by atoms with Crippen LogP contribution >= 0.6 is 0 Å². The second-order valence-corrected chi connectivity index (χ2v) is 7.96. The lowest BCUT2D eigenvalue weighted by Gasteiger charge is -2.22. The molecule has 1 aliphatic rings. The minimum absolute atomic E-state index is 0.0900. The molecule has 0 spiro atoms. The van der Waals surface area contributed by atoms with E-state index in [1.165, 1.54) is 17.2 Å². The first kappa shape index (κ1) is 18.0. The summed E-state index contributed by atoms with van der Waals surface area (Å²) in [6.07, 6.45) is -2.14. The molecule has 2 heterocycles. The van der Waals surface area contributed by atoms with E-state index < -0.39 is 27.8 Å². The van der Waals surface area contributed by atoms with Crippen LogP contribution in [0.25, 0.3) is 0 Å². The van der Waals surface area contributed by atoms with Crippen LogP contribution in [0.4, 0.5) is 19.0 Å². The molecule has 0 saturated carbocycles. The first-order chi connectivity index (χ1) is 10.5. The molecule has 130 valence electrons. The summed E-state index contributed by atoms with van der Waals surface area (Å²) in [6.45, 7) is 4.34. The number of hydrogen-bond donors (Lipinski definition) is 1. The van der Waals surface area contributed by atoms with Crippen LogP contribution in [-0.4, -0.2) is 38.8 Å².